The Hall–Kier alpha value is -2.24. The minimum Gasteiger partial charge on any atom is -0.452 e. The maximum atomic E-state index is 12.0. The summed E-state index contributed by atoms with van der Waals surface area (Å²) in [5, 5.41) is 3.33. The maximum absolute atomic E-state index is 12.0. The van der Waals surface area contributed by atoms with Gasteiger partial charge in [0.2, 0.25) is 0 Å². The molecule has 0 atom stereocenters. The van der Waals surface area contributed by atoms with E-state index >= 15 is 0 Å². The van der Waals surface area contributed by atoms with Crippen LogP contribution in [0, 0.1) is 0 Å². The quantitative estimate of drug-likeness (QED) is 0.816. The summed E-state index contributed by atoms with van der Waals surface area (Å²) in [5.74, 6) is -1.08. The fraction of sp³-hybridized carbons (Fsp3) is 0.176. The van der Waals surface area contributed by atoms with Crippen LogP contribution in [0.25, 0.3) is 0 Å². The maximum Gasteiger partial charge on any atom is 0.338 e. The Morgan fingerprint density at radius 2 is 1.88 bits per heavy atom. The van der Waals surface area contributed by atoms with Crippen LogP contribution in [0.15, 0.2) is 42.5 Å². The summed E-state index contributed by atoms with van der Waals surface area (Å²) < 4.78 is 5.02. The van der Waals surface area contributed by atoms with Crippen molar-refractivity contribution in [3.63, 3.8) is 0 Å². The Morgan fingerprint density at radius 1 is 1.12 bits per heavy atom. The zero-order valence-electron chi connectivity index (χ0n) is 13.2. The predicted octanol–water partition coefficient (Wildman–Crippen LogP) is 3.85. The molecule has 0 aliphatic rings. The summed E-state index contributed by atoms with van der Waals surface area (Å²) in [6.07, 6.45) is 0. The van der Waals surface area contributed by atoms with E-state index < -0.39 is 18.5 Å². The molecule has 2 rings (SSSR count). The minimum absolute atomic E-state index is 0.345. The van der Waals surface area contributed by atoms with Crippen LogP contribution in [0.3, 0.4) is 0 Å². The van der Waals surface area contributed by atoms with Gasteiger partial charge in [0.05, 0.1) is 16.3 Å². The molecule has 24 heavy (non-hydrogen) atoms. The molecular weight excluding hydrogens is 351 g/mol. The van der Waals surface area contributed by atoms with Gasteiger partial charge in [-0.25, -0.2) is 4.79 Å². The number of amides is 1. The lowest BCUT2D eigenvalue weighted by Gasteiger charge is -2.13. The number of nitrogens with one attached hydrogen (secondary N) is 1. The summed E-state index contributed by atoms with van der Waals surface area (Å²) in [4.78, 5) is 25.8. The molecule has 0 bridgehead atoms. The van der Waals surface area contributed by atoms with Gasteiger partial charge in [-0.2, -0.15) is 0 Å². The summed E-state index contributed by atoms with van der Waals surface area (Å²) in [6, 6.07) is 11.6. The van der Waals surface area contributed by atoms with Gasteiger partial charge < -0.3 is 15.0 Å². The van der Waals surface area contributed by atoms with Crippen molar-refractivity contribution >= 4 is 46.5 Å². The number of benzene rings is 2. The second-order valence-electron chi connectivity index (χ2n) is 5.19. The van der Waals surface area contributed by atoms with E-state index in [1.54, 1.807) is 30.3 Å². The molecule has 0 saturated carbocycles. The molecule has 0 aliphatic carbocycles. The monoisotopic (exact) mass is 366 g/mol. The van der Waals surface area contributed by atoms with Crippen LogP contribution in [-0.4, -0.2) is 32.6 Å². The SMILES string of the molecule is CN(C)c1cccc(C(=O)OCC(=O)Nc2cc(Cl)ccc2Cl)c1. The van der Waals surface area contributed by atoms with Crippen LogP contribution in [0.2, 0.25) is 10.0 Å². The zero-order chi connectivity index (χ0) is 17.7. The molecule has 0 heterocycles. The molecule has 5 nitrogen and oxygen atoms in total. The first-order valence-corrected chi connectivity index (χ1v) is 7.82. The molecule has 1 N–H and O–H groups in total. The smallest absolute Gasteiger partial charge is 0.338 e. The van der Waals surface area contributed by atoms with Crippen LogP contribution in [0.1, 0.15) is 10.4 Å². The van der Waals surface area contributed by atoms with Gasteiger partial charge in [-0.15, -0.1) is 0 Å². The minimum atomic E-state index is -0.578. The van der Waals surface area contributed by atoms with E-state index in [1.807, 2.05) is 25.1 Å². The van der Waals surface area contributed by atoms with Crippen molar-refractivity contribution in [2.24, 2.45) is 0 Å². The number of nitrogens with zero attached hydrogens (tertiary/aromatic N) is 1. The van der Waals surface area contributed by atoms with Crippen molar-refractivity contribution in [1.29, 1.82) is 0 Å². The topological polar surface area (TPSA) is 58.6 Å². The van der Waals surface area contributed by atoms with Crippen LogP contribution < -0.4 is 10.2 Å². The van der Waals surface area contributed by atoms with Gasteiger partial charge in [0, 0.05) is 24.8 Å². The zero-order valence-corrected chi connectivity index (χ0v) is 14.7. The number of hydrogen-bond donors (Lipinski definition) is 1. The molecule has 7 heteroatoms. The number of carbonyl (C=O) groups is 2. The van der Waals surface area contributed by atoms with Crippen LogP contribution >= 0.6 is 23.2 Å². The van der Waals surface area contributed by atoms with Gasteiger partial charge in [-0.05, 0) is 36.4 Å². The number of rotatable bonds is 5. The lowest BCUT2D eigenvalue weighted by Crippen LogP contribution is -2.21. The second kappa shape index (κ2) is 8.04. The lowest BCUT2D eigenvalue weighted by atomic mass is 10.2. The van der Waals surface area contributed by atoms with Gasteiger partial charge in [0.15, 0.2) is 6.61 Å². The van der Waals surface area contributed by atoms with Crippen molar-refractivity contribution in [2.75, 3.05) is 30.9 Å². The Balaban J connectivity index is 1.95. The largest absolute Gasteiger partial charge is 0.452 e. The first-order chi connectivity index (χ1) is 11.4. The fourth-order valence-corrected chi connectivity index (χ4v) is 2.24. The molecule has 0 radical (unpaired) electrons. The Morgan fingerprint density at radius 3 is 2.58 bits per heavy atom. The Labute approximate surface area is 150 Å². The van der Waals surface area contributed by atoms with Crippen molar-refractivity contribution in [3.8, 4) is 0 Å². The highest BCUT2D eigenvalue weighted by molar-refractivity contribution is 6.35. The van der Waals surface area contributed by atoms with Gasteiger partial charge in [0.1, 0.15) is 0 Å². The second-order valence-corrected chi connectivity index (χ2v) is 6.04. The number of hydrogen-bond acceptors (Lipinski definition) is 4. The van der Waals surface area contributed by atoms with E-state index in [-0.39, 0.29) is 0 Å². The van der Waals surface area contributed by atoms with Gasteiger partial charge in [-0.1, -0.05) is 29.3 Å². The van der Waals surface area contributed by atoms with E-state index in [0.29, 0.717) is 21.3 Å². The van der Waals surface area contributed by atoms with E-state index in [4.69, 9.17) is 27.9 Å². The average molecular weight is 367 g/mol. The first-order valence-electron chi connectivity index (χ1n) is 7.06. The summed E-state index contributed by atoms with van der Waals surface area (Å²) >= 11 is 11.8. The van der Waals surface area contributed by atoms with E-state index in [0.717, 1.165) is 5.69 Å². The summed E-state index contributed by atoms with van der Waals surface area (Å²) in [7, 11) is 3.74. The van der Waals surface area contributed by atoms with Gasteiger partial charge >= 0.3 is 5.97 Å². The van der Waals surface area contributed by atoms with Crippen LogP contribution in [-0.2, 0) is 9.53 Å². The third kappa shape index (κ3) is 4.88. The molecule has 0 spiro atoms. The predicted molar refractivity (Wildman–Crippen MR) is 96.1 cm³/mol. The molecular formula is C17H16Cl2N2O3. The highest BCUT2D eigenvalue weighted by Crippen LogP contribution is 2.25. The fourth-order valence-electron chi connectivity index (χ4n) is 1.91. The average Bonchev–Trinajstić information content (AvgIpc) is 2.56. The molecule has 0 fully saturated rings. The van der Waals surface area contributed by atoms with Crippen LogP contribution in [0.4, 0.5) is 11.4 Å². The number of esters is 1. The van der Waals surface area contributed by atoms with Crippen molar-refractivity contribution in [1.82, 2.24) is 0 Å². The molecule has 126 valence electrons. The van der Waals surface area contributed by atoms with E-state index in [2.05, 4.69) is 5.32 Å². The molecule has 2 aromatic carbocycles. The summed E-state index contributed by atoms with van der Waals surface area (Å²) in [5.41, 5.74) is 1.59. The number of halogens is 2. The normalized spacial score (nSPS) is 10.2. The number of ether oxygens (including phenoxy) is 1. The standard InChI is InChI=1S/C17H16Cl2N2O3/c1-21(2)13-5-3-4-11(8-13)17(23)24-10-16(22)20-15-9-12(18)6-7-14(15)19/h3-9H,10H2,1-2H3,(H,20,22). The highest BCUT2D eigenvalue weighted by Gasteiger charge is 2.12. The summed E-state index contributed by atoms with van der Waals surface area (Å²) in [6.45, 7) is -0.423. The van der Waals surface area contributed by atoms with Crippen molar-refractivity contribution in [3.05, 3.63) is 58.1 Å². The Kier molecular flexibility index (Phi) is 6.06. The third-order valence-corrected chi connectivity index (χ3v) is 3.70. The molecule has 0 aliphatic heterocycles. The molecule has 0 unspecified atom stereocenters. The lowest BCUT2D eigenvalue weighted by molar-refractivity contribution is -0.119. The molecule has 2 aromatic rings. The van der Waals surface area contributed by atoms with E-state index in [9.17, 15) is 9.59 Å². The molecule has 1 amide bonds. The molecule has 0 saturated heterocycles. The molecule has 0 aromatic heterocycles. The van der Waals surface area contributed by atoms with Gasteiger partial charge in [-0.3, -0.25) is 4.79 Å². The Bertz CT molecular complexity index is 763. The third-order valence-electron chi connectivity index (χ3n) is 3.14. The van der Waals surface area contributed by atoms with Crippen LogP contribution in [0.5, 0.6) is 0 Å². The highest BCUT2D eigenvalue weighted by atomic mass is 35.5. The van der Waals surface area contributed by atoms with Crippen molar-refractivity contribution < 1.29 is 14.3 Å². The first kappa shape index (κ1) is 18.1. The van der Waals surface area contributed by atoms with Gasteiger partial charge in [0.25, 0.3) is 5.91 Å². The van der Waals surface area contributed by atoms with E-state index in [1.165, 1.54) is 6.07 Å². The van der Waals surface area contributed by atoms with Crippen molar-refractivity contribution in [2.45, 2.75) is 0 Å². The number of anilines is 2. The number of carbonyl (C=O) groups excluding carboxylic acids is 2.